The summed E-state index contributed by atoms with van der Waals surface area (Å²) in [5.41, 5.74) is 8.77. The van der Waals surface area contributed by atoms with Gasteiger partial charge in [-0.15, -0.1) is 0 Å². The Morgan fingerprint density at radius 2 is 1.70 bits per heavy atom. The molecule has 3 rings (SSSR count). The zero-order chi connectivity index (χ0) is 13.9. The lowest BCUT2D eigenvalue weighted by Crippen LogP contribution is -2.16. The number of nitrogen functional groups attached to an aromatic ring is 1. The molecule has 2 N–H and O–H groups in total. The van der Waals surface area contributed by atoms with E-state index in [1.54, 1.807) is 6.07 Å². The summed E-state index contributed by atoms with van der Waals surface area (Å²) >= 11 is 0. The fourth-order valence-corrected chi connectivity index (χ4v) is 2.07. The van der Waals surface area contributed by atoms with Crippen LogP contribution in [0.3, 0.4) is 0 Å². The van der Waals surface area contributed by atoms with Gasteiger partial charge in [0.15, 0.2) is 11.5 Å². The SMILES string of the molecule is Cc1ccc(OCc2cc3c(cc2N)OCCO3)cc1. The number of rotatable bonds is 3. The molecule has 0 aromatic heterocycles. The zero-order valence-corrected chi connectivity index (χ0v) is 11.4. The molecule has 4 nitrogen and oxygen atoms in total. The standard InChI is InChI=1S/C16H17NO3/c1-11-2-4-13(5-3-11)20-10-12-8-15-16(9-14(12)17)19-7-6-18-15/h2-5,8-9H,6-7,10,17H2,1H3. The van der Waals surface area contributed by atoms with E-state index in [1.807, 2.05) is 37.3 Å². The molecule has 1 aliphatic rings. The van der Waals surface area contributed by atoms with Gasteiger partial charge in [0, 0.05) is 17.3 Å². The Balaban J connectivity index is 1.75. The Labute approximate surface area is 118 Å². The highest BCUT2D eigenvalue weighted by Crippen LogP contribution is 2.34. The van der Waals surface area contributed by atoms with Gasteiger partial charge in [0.05, 0.1) is 0 Å². The molecular weight excluding hydrogens is 254 g/mol. The first-order chi connectivity index (χ1) is 9.72. The number of nitrogens with two attached hydrogens (primary N) is 1. The molecule has 0 saturated heterocycles. The monoisotopic (exact) mass is 271 g/mol. The molecule has 2 aromatic carbocycles. The molecular formula is C16H17NO3. The van der Waals surface area contributed by atoms with Crippen molar-refractivity contribution in [1.29, 1.82) is 0 Å². The van der Waals surface area contributed by atoms with Crippen LogP contribution >= 0.6 is 0 Å². The Morgan fingerprint density at radius 1 is 1.05 bits per heavy atom. The summed E-state index contributed by atoms with van der Waals surface area (Å²) in [6.07, 6.45) is 0. The summed E-state index contributed by atoms with van der Waals surface area (Å²) in [7, 11) is 0. The van der Waals surface area contributed by atoms with Crippen LogP contribution in [-0.4, -0.2) is 13.2 Å². The van der Waals surface area contributed by atoms with Crippen LogP contribution in [0.5, 0.6) is 17.2 Å². The number of fused-ring (bicyclic) bond motifs is 1. The van der Waals surface area contributed by atoms with E-state index in [1.165, 1.54) is 5.56 Å². The predicted octanol–water partition coefficient (Wildman–Crippen LogP) is 2.93. The highest BCUT2D eigenvalue weighted by atomic mass is 16.6. The van der Waals surface area contributed by atoms with Gasteiger partial charge in [-0.2, -0.15) is 0 Å². The number of ether oxygens (including phenoxy) is 3. The number of hydrogen-bond donors (Lipinski definition) is 1. The number of hydrogen-bond acceptors (Lipinski definition) is 4. The number of aryl methyl sites for hydroxylation is 1. The third kappa shape index (κ3) is 2.64. The van der Waals surface area contributed by atoms with Crippen molar-refractivity contribution in [3.8, 4) is 17.2 Å². The minimum Gasteiger partial charge on any atom is -0.489 e. The van der Waals surface area contributed by atoms with Crippen molar-refractivity contribution in [3.63, 3.8) is 0 Å². The predicted molar refractivity (Wildman–Crippen MR) is 77.4 cm³/mol. The first-order valence-corrected chi connectivity index (χ1v) is 6.60. The molecule has 20 heavy (non-hydrogen) atoms. The second-order valence-corrected chi connectivity index (χ2v) is 4.80. The summed E-state index contributed by atoms with van der Waals surface area (Å²) in [6.45, 7) is 3.58. The van der Waals surface area contributed by atoms with Crippen molar-refractivity contribution in [2.75, 3.05) is 18.9 Å². The van der Waals surface area contributed by atoms with Crippen LogP contribution in [0.15, 0.2) is 36.4 Å². The van der Waals surface area contributed by atoms with Gasteiger partial charge >= 0.3 is 0 Å². The lowest BCUT2D eigenvalue weighted by atomic mass is 10.1. The van der Waals surface area contributed by atoms with Crippen LogP contribution in [0, 0.1) is 6.92 Å². The molecule has 0 bridgehead atoms. The Bertz CT molecular complexity index is 608. The van der Waals surface area contributed by atoms with Gasteiger partial charge in [-0.25, -0.2) is 0 Å². The van der Waals surface area contributed by atoms with Gasteiger partial charge in [0.2, 0.25) is 0 Å². The van der Waals surface area contributed by atoms with E-state index in [2.05, 4.69) is 0 Å². The van der Waals surface area contributed by atoms with Crippen molar-refractivity contribution >= 4 is 5.69 Å². The third-order valence-electron chi connectivity index (χ3n) is 3.22. The summed E-state index contributed by atoms with van der Waals surface area (Å²) in [6, 6.07) is 11.6. The van der Waals surface area contributed by atoms with Crippen LogP contribution in [0.25, 0.3) is 0 Å². The molecule has 0 fully saturated rings. The molecule has 0 atom stereocenters. The summed E-state index contributed by atoms with van der Waals surface area (Å²) in [4.78, 5) is 0. The molecule has 104 valence electrons. The van der Waals surface area contributed by atoms with E-state index in [0.29, 0.717) is 31.3 Å². The number of benzene rings is 2. The number of anilines is 1. The quantitative estimate of drug-likeness (QED) is 0.872. The van der Waals surface area contributed by atoms with Crippen LogP contribution in [0.1, 0.15) is 11.1 Å². The first kappa shape index (κ1) is 12.7. The van der Waals surface area contributed by atoms with E-state index in [4.69, 9.17) is 19.9 Å². The largest absolute Gasteiger partial charge is 0.489 e. The van der Waals surface area contributed by atoms with Gasteiger partial charge < -0.3 is 19.9 Å². The van der Waals surface area contributed by atoms with E-state index in [0.717, 1.165) is 17.1 Å². The van der Waals surface area contributed by atoms with Gasteiger partial charge in [-0.05, 0) is 25.1 Å². The summed E-state index contributed by atoms with van der Waals surface area (Å²) < 4.78 is 16.8. The van der Waals surface area contributed by atoms with Gasteiger partial charge in [-0.1, -0.05) is 17.7 Å². The van der Waals surface area contributed by atoms with Crippen molar-refractivity contribution in [3.05, 3.63) is 47.5 Å². The van der Waals surface area contributed by atoms with Gasteiger partial charge in [0.1, 0.15) is 25.6 Å². The Morgan fingerprint density at radius 3 is 2.40 bits per heavy atom. The van der Waals surface area contributed by atoms with Gasteiger partial charge in [-0.3, -0.25) is 0 Å². The molecule has 0 unspecified atom stereocenters. The summed E-state index contributed by atoms with van der Waals surface area (Å²) in [5.74, 6) is 2.26. The van der Waals surface area contributed by atoms with Crippen LogP contribution in [-0.2, 0) is 6.61 Å². The van der Waals surface area contributed by atoms with E-state index >= 15 is 0 Å². The fourth-order valence-electron chi connectivity index (χ4n) is 2.07. The first-order valence-electron chi connectivity index (χ1n) is 6.60. The fraction of sp³-hybridized carbons (Fsp3) is 0.250. The topological polar surface area (TPSA) is 53.7 Å². The van der Waals surface area contributed by atoms with Crippen LogP contribution in [0.4, 0.5) is 5.69 Å². The average Bonchev–Trinajstić information content (AvgIpc) is 2.47. The molecule has 1 heterocycles. The van der Waals surface area contributed by atoms with Crippen LogP contribution in [0.2, 0.25) is 0 Å². The van der Waals surface area contributed by atoms with E-state index < -0.39 is 0 Å². The van der Waals surface area contributed by atoms with Crippen molar-refractivity contribution in [2.24, 2.45) is 0 Å². The Hall–Kier alpha value is -2.36. The van der Waals surface area contributed by atoms with Crippen molar-refractivity contribution in [1.82, 2.24) is 0 Å². The van der Waals surface area contributed by atoms with E-state index in [-0.39, 0.29) is 0 Å². The molecule has 4 heteroatoms. The minimum absolute atomic E-state index is 0.408. The van der Waals surface area contributed by atoms with Crippen molar-refractivity contribution in [2.45, 2.75) is 13.5 Å². The highest BCUT2D eigenvalue weighted by molar-refractivity contribution is 5.58. The molecule has 0 saturated carbocycles. The average molecular weight is 271 g/mol. The smallest absolute Gasteiger partial charge is 0.163 e. The second-order valence-electron chi connectivity index (χ2n) is 4.80. The zero-order valence-electron chi connectivity index (χ0n) is 11.4. The highest BCUT2D eigenvalue weighted by Gasteiger charge is 2.14. The van der Waals surface area contributed by atoms with Gasteiger partial charge in [0.25, 0.3) is 0 Å². The molecule has 1 aliphatic heterocycles. The minimum atomic E-state index is 0.408. The third-order valence-corrected chi connectivity index (χ3v) is 3.22. The lowest BCUT2D eigenvalue weighted by molar-refractivity contribution is 0.171. The summed E-state index contributed by atoms with van der Waals surface area (Å²) in [5, 5.41) is 0. The molecule has 0 spiro atoms. The maximum atomic E-state index is 6.02. The second kappa shape index (κ2) is 5.33. The maximum Gasteiger partial charge on any atom is 0.163 e. The van der Waals surface area contributed by atoms with E-state index in [9.17, 15) is 0 Å². The lowest BCUT2D eigenvalue weighted by Gasteiger charge is -2.20. The van der Waals surface area contributed by atoms with Crippen LogP contribution < -0.4 is 19.9 Å². The molecule has 0 radical (unpaired) electrons. The molecule has 2 aromatic rings. The normalized spacial score (nSPS) is 13.1. The molecule has 0 amide bonds. The molecule has 0 aliphatic carbocycles. The Kier molecular flexibility index (Phi) is 3.37. The van der Waals surface area contributed by atoms with Crippen molar-refractivity contribution < 1.29 is 14.2 Å². The maximum absolute atomic E-state index is 6.02.